The number of rotatable bonds is 1. The molecule has 0 bridgehead atoms. The van der Waals surface area contributed by atoms with Crippen LogP contribution >= 0.6 is 0 Å². The van der Waals surface area contributed by atoms with E-state index in [1.807, 2.05) is 11.8 Å². The highest BCUT2D eigenvalue weighted by molar-refractivity contribution is 5.89. The number of anilines is 1. The van der Waals surface area contributed by atoms with Gasteiger partial charge in [-0.2, -0.15) is 0 Å². The molecule has 2 amide bonds. The van der Waals surface area contributed by atoms with Crippen molar-refractivity contribution >= 4 is 11.7 Å². The molecule has 0 radical (unpaired) electrons. The molecule has 1 atom stereocenters. The summed E-state index contributed by atoms with van der Waals surface area (Å²) in [7, 11) is 0. The minimum Gasteiger partial charge on any atom is -0.322 e. The Morgan fingerprint density at radius 3 is 3.00 bits per heavy atom. The summed E-state index contributed by atoms with van der Waals surface area (Å²) in [6, 6.07) is 6.09. The molecule has 1 saturated heterocycles. The molecule has 1 heterocycles. The minimum atomic E-state index is -0.338. The first-order valence-corrected chi connectivity index (χ1v) is 6.00. The van der Waals surface area contributed by atoms with Crippen molar-refractivity contribution in [1.29, 1.82) is 0 Å². The number of nitrogens with one attached hydrogen (secondary N) is 1. The zero-order valence-corrected chi connectivity index (χ0v) is 9.95. The van der Waals surface area contributed by atoms with Crippen LogP contribution < -0.4 is 5.32 Å². The number of halogens is 1. The van der Waals surface area contributed by atoms with E-state index < -0.39 is 0 Å². The van der Waals surface area contributed by atoms with Crippen LogP contribution in [-0.2, 0) is 0 Å². The molecular formula is C13H17FN2O. The molecule has 17 heavy (non-hydrogen) atoms. The number of carbonyl (C=O) groups excluding carboxylic acids is 1. The fourth-order valence-electron chi connectivity index (χ4n) is 2.16. The van der Waals surface area contributed by atoms with Crippen molar-refractivity contribution in [1.82, 2.24) is 4.90 Å². The molecule has 92 valence electrons. The van der Waals surface area contributed by atoms with Crippen LogP contribution in [0, 0.1) is 5.82 Å². The number of piperidine rings is 1. The molecular weight excluding hydrogens is 219 g/mol. The predicted octanol–water partition coefficient (Wildman–Crippen LogP) is 3.23. The molecule has 0 aliphatic carbocycles. The van der Waals surface area contributed by atoms with Crippen LogP contribution in [0.1, 0.15) is 26.2 Å². The Bertz CT molecular complexity index is 408. The van der Waals surface area contributed by atoms with E-state index in [4.69, 9.17) is 0 Å². The monoisotopic (exact) mass is 236 g/mol. The first-order chi connectivity index (χ1) is 8.16. The lowest BCUT2D eigenvalue weighted by molar-refractivity contribution is 0.170. The molecule has 1 fully saturated rings. The average Bonchev–Trinajstić information content (AvgIpc) is 2.29. The van der Waals surface area contributed by atoms with Gasteiger partial charge in [-0.1, -0.05) is 6.07 Å². The first-order valence-electron chi connectivity index (χ1n) is 6.00. The molecule has 2 rings (SSSR count). The quantitative estimate of drug-likeness (QED) is 0.797. The summed E-state index contributed by atoms with van der Waals surface area (Å²) in [5, 5.41) is 2.73. The van der Waals surface area contributed by atoms with Crippen molar-refractivity contribution in [3.8, 4) is 0 Å². The van der Waals surface area contributed by atoms with Crippen molar-refractivity contribution < 1.29 is 9.18 Å². The highest BCUT2D eigenvalue weighted by Gasteiger charge is 2.22. The number of likely N-dealkylation sites (tertiary alicyclic amines) is 1. The predicted molar refractivity (Wildman–Crippen MR) is 65.4 cm³/mol. The van der Waals surface area contributed by atoms with Gasteiger partial charge in [0, 0.05) is 18.3 Å². The van der Waals surface area contributed by atoms with E-state index in [2.05, 4.69) is 5.32 Å². The summed E-state index contributed by atoms with van der Waals surface area (Å²) in [5.41, 5.74) is 0.507. The Hall–Kier alpha value is -1.58. The standard InChI is InChI=1S/C13H17FN2O/c1-10-5-2-3-8-16(10)13(17)15-12-7-4-6-11(14)9-12/h4,6-7,9-10H,2-3,5,8H2,1H3,(H,15,17). The van der Waals surface area contributed by atoms with Crippen molar-refractivity contribution in [2.24, 2.45) is 0 Å². The van der Waals surface area contributed by atoms with E-state index in [9.17, 15) is 9.18 Å². The summed E-state index contributed by atoms with van der Waals surface area (Å²) >= 11 is 0. The lowest BCUT2D eigenvalue weighted by atomic mass is 10.0. The van der Waals surface area contributed by atoms with Crippen molar-refractivity contribution in [2.75, 3.05) is 11.9 Å². The van der Waals surface area contributed by atoms with E-state index in [0.717, 1.165) is 19.4 Å². The second-order valence-corrected chi connectivity index (χ2v) is 4.48. The van der Waals surface area contributed by atoms with Gasteiger partial charge in [-0.15, -0.1) is 0 Å². The molecule has 3 nitrogen and oxygen atoms in total. The molecule has 1 aliphatic rings. The Labute approximate surface area is 101 Å². The van der Waals surface area contributed by atoms with Crippen LogP contribution in [-0.4, -0.2) is 23.5 Å². The van der Waals surface area contributed by atoms with Crippen LogP contribution in [0.3, 0.4) is 0 Å². The number of carbonyl (C=O) groups is 1. The van der Waals surface area contributed by atoms with Crippen LogP contribution in [0.2, 0.25) is 0 Å². The molecule has 4 heteroatoms. The van der Waals surface area contributed by atoms with Crippen molar-refractivity contribution in [3.63, 3.8) is 0 Å². The third kappa shape index (κ3) is 2.96. The molecule has 1 aromatic carbocycles. The molecule has 1 unspecified atom stereocenters. The first kappa shape index (κ1) is 11.9. The maximum atomic E-state index is 13.0. The zero-order chi connectivity index (χ0) is 12.3. The Morgan fingerprint density at radius 1 is 1.47 bits per heavy atom. The highest BCUT2D eigenvalue weighted by Crippen LogP contribution is 2.18. The largest absolute Gasteiger partial charge is 0.322 e. The second-order valence-electron chi connectivity index (χ2n) is 4.48. The Balaban J connectivity index is 2.01. The number of hydrogen-bond donors (Lipinski definition) is 1. The Morgan fingerprint density at radius 2 is 2.29 bits per heavy atom. The molecule has 0 saturated carbocycles. The van der Waals surface area contributed by atoms with Crippen LogP contribution in [0.5, 0.6) is 0 Å². The van der Waals surface area contributed by atoms with Gasteiger partial charge in [-0.25, -0.2) is 9.18 Å². The van der Waals surface area contributed by atoms with Crippen LogP contribution in [0.15, 0.2) is 24.3 Å². The maximum Gasteiger partial charge on any atom is 0.322 e. The summed E-state index contributed by atoms with van der Waals surface area (Å²) in [6.07, 6.45) is 3.25. The van der Waals surface area contributed by atoms with E-state index >= 15 is 0 Å². The van der Waals surface area contributed by atoms with E-state index in [1.54, 1.807) is 12.1 Å². The zero-order valence-electron chi connectivity index (χ0n) is 9.95. The Kier molecular flexibility index (Phi) is 3.61. The highest BCUT2D eigenvalue weighted by atomic mass is 19.1. The van der Waals surface area contributed by atoms with Gasteiger partial charge in [0.2, 0.25) is 0 Å². The van der Waals surface area contributed by atoms with Gasteiger partial charge in [0.05, 0.1) is 0 Å². The molecule has 1 N–H and O–H groups in total. The molecule has 0 spiro atoms. The van der Waals surface area contributed by atoms with Gasteiger partial charge >= 0.3 is 6.03 Å². The number of amides is 2. The fraction of sp³-hybridized carbons (Fsp3) is 0.462. The second kappa shape index (κ2) is 5.17. The van der Waals surface area contributed by atoms with Crippen molar-refractivity contribution in [2.45, 2.75) is 32.2 Å². The number of nitrogens with zero attached hydrogens (tertiary/aromatic N) is 1. The summed E-state index contributed by atoms with van der Waals surface area (Å²) in [4.78, 5) is 13.8. The lowest BCUT2D eigenvalue weighted by Crippen LogP contribution is -2.44. The minimum absolute atomic E-state index is 0.136. The van der Waals surface area contributed by atoms with Gasteiger partial charge in [-0.3, -0.25) is 0 Å². The number of urea groups is 1. The molecule has 1 aromatic rings. The third-order valence-electron chi connectivity index (χ3n) is 3.14. The maximum absolute atomic E-state index is 13.0. The van der Waals surface area contributed by atoms with Gasteiger partial charge in [0.25, 0.3) is 0 Å². The summed E-state index contributed by atoms with van der Waals surface area (Å²) < 4.78 is 13.0. The van der Waals surface area contributed by atoms with Crippen molar-refractivity contribution in [3.05, 3.63) is 30.1 Å². The van der Waals surface area contributed by atoms with Gasteiger partial charge in [-0.05, 0) is 44.4 Å². The third-order valence-corrected chi connectivity index (χ3v) is 3.14. The van der Waals surface area contributed by atoms with E-state index in [-0.39, 0.29) is 17.9 Å². The summed E-state index contributed by atoms with van der Waals surface area (Å²) in [5.74, 6) is -0.338. The summed E-state index contributed by atoms with van der Waals surface area (Å²) in [6.45, 7) is 2.83. The fourth-order valence-corrected chi connectivity index (χ4v) is 2.16. The van der Waals surface area contributed by atoms with Crippen LogP contribution in [0.4, 0.5) is 14.9 Å². The average molecular weight is 236 g/mol. The van der Waals surface area contributed by atoms with E-state index in [0.29, 0.717) is 5.69 Å². The van der Waals surface area contributed by atoms with E-state index in [1.165, 1.54) is 18.6 Å². The topological polar surface area (TPSA) is 32.3 Å². The van der Waals surface area contributed by atoms with Crippen LogP contribution in [0.25, 0.3) is 0 Å². The molecule has 1 aliphatic heterocycles. The van der Waals surface area contributed by atoms with Gasteiger partial charge < -0.3 is 10.2 Å². The smallest absolute Gasteiger partial charge is 0.322 e. The van der Waals surface area contributed by atoms with Gasteiger partial charge in [0.1, 0.15) is 5.82 Å². The normalized spacial score (nSPS) is 20.1. The number of benzene rings is 1. The molecule has 0 aromatic heterocycles. The van der Waals surface area contributed by atoms with Gasteiger partial charge in [0.15, 0.2) is 0 Å². The number of hydrogen-bond acceptors (Lipinski definition) is 1. The SMILES string of the molecule is CC1CCCCN1C(=O)Nc1cccc(F)c1. The lowest BCUT2D eigenvalue weighted by Gasteiger charge is -2.33.